The summed E-state index contributed by atoms with van der Waals surface area (Å²) in [4.78, 5) is 12.4. The Hall–Kier alpha value is -0.740. The van der Waals surface area contributed by atoms with Crippen LogP contribution in [0, 0.1) is 11.7 Å². The van der Waals surface area contributed by atoms with Crippen LogP contribution in [0.5, 0.6) is 0 Å². The maximum absolute atomic E-state index is 13.1. The van der Waals surface area contributed by atoms with E-state index < -0.39 is 0 Å². The Morgan fingerprint density at radius 1 is 1.35 bits per heavy atom. The zero-order chi connectivity index (χ0) is 14.1. The predicted octanol–water partition coefficient (Wildman–Crippen LogP) is 3.62. The summed E-state index contributed by atoms with van der Waals surface area (Å²) in [6, 6.07) is 5.05. The molecule has 3 unspecified atom stereocenters. The van der Waals surface area contributed by atoms with E-state index in [2.05, 4.69) is 21.2 Å². The largest absolute Gasteiger partial charge is 0.304 e. The summed E-state index contributed by atoms with van der Waals surface area (Å²) in [5.41, 5.74) is 0.869. The first-order valence-electron chi connectivity index (χ1n) is 7.36. The van der Waals surface area contributed by atoms with Crippen molar-refractivity contribution < 1.29 is 9.18 Å². The first-order chi connectivity index (χ1) is 9.63. The van der Waals surface area contributed by atoms with Gasteiger partial charge in [-0.2, -0.15) is 0 Å². The first kappa shape index (κ1) is 14.2. The second-order valence-electron chi connectivity index (χ2n) is 5.98. The van der Waals surface area contributed by atoms with E-state index >= 15 is 0 Å². The minimum Gasteiger partial charge on any atom is -0.304 e. The van der Waals surface area contributed by atoms with Crippen molar-refractivity contribution in [1.29, 1.82) is 0 Å². The number of carbonyl (C=O) groups excluding carboxylic acids is 1. The van der Waals surface area contributed by atoms with Gasteiger partial charge in [-0.15, -0.1) is 0 Å². The molecule has 1 aromatic carbocycles. The molecule has 0 bridgehead atoms. The molecule has 108 valence electrons. The van der Waals surface area contributed by atoms with E-state index in [0.29, 0.717) is 22.9 Å². The number of Topliss-reactive ketones (excluding diaryl/α,β-unsaturated/α-hetero) is 1. The summed E-state index contributed by atoms with van der Waals surface area (Å²) in [6.45, 7) is 0. The van der Waals surface area contributed by atoms with Crippen LogP contribution in [0.3, 0.4) is 0 Å². The molecule has 2 aliphatic rings. The number of ketones is 1. The van der Waals surface area contributed by atoms with Gasteiger partial charge in [0.2, 0.25) is 0 Å². The lowest BCUT2D eigenvalue weighted by atomic mass is 9.84. The van der Waals surface area contributed by atoms with E-state index in [1.165, 1.54) is 37.8 Å². The third kappa shape index (κ3) is 2.96. The third-order valence-electron chi connectivity index (χ3n) is 4.63. The summed E-state index contributed by atoms with van der Waals surface area (Å²) in [7, 11) is 0. The van der Waals surface area contributed by atoms with Gasteiger partial charge in [0.25, 0.3) is 0 Å². The molecule has 0 aromatic heterocycles. The Kier molecular flexibility index (Phi) is 4.22. The average Bonchev–Trinajstić information content (AvgIpc) is 2.86. The quantitative estimate of drug-likeness (QED) is 0.911. The number of carbonyl (C=O) groups is 1. The molecule has 1 saturated heterocycles. The number of benzene rings is 1. The topological polar surface area (TPSA) is 29.1 Å². The maximum atomic E-state index is 13.1. The van der Waals surface area contributed by atoms with Gasteiger partial charge in [-0.3, -0.25) is 4.79 Å². The van der Waals surface area contributed by atoms with Crippen LogP contribution in [0.1, 0.15) is 37.7 Å². The number of fused-ring (bicyclic) bond motifs is 1. The summed E-state index contributed by atoms with van der Waals surface area (Å²) in [6.07, 6.45) is 6.38. The van der Waals surface area contributed by atoms with Gasteiger partial charge >= 0.3 is 0 Å². The molecular weight excluding hydrogens is 321 g/mol. The predicted molar refractivity (Wildman–Crippen MR) is 80.1 cm³/mol. The lowest BCUT2D eigenvalue weighted by molar-refractivity contribution is -0.120. The average molecular weight is 340 g/mol. The van der Waals surface area contributed by atoms with Crippen molar-refractivity contribution in [3.63, 3.8) is 0 Å². The molecule has 3 atom stereocenters. The minimum absolute atomic E-state index is 0.0138. The first-order valence-corrected chi connectivity index (χ1v) is 8.15. The van der Waals surface area contributed by atoms with Crippen LogP contribution in [0.4, 0.5) is 4.39 Å². The second kappa shape index (κ2) is 5.94. The molecule has 1 aromatic rings. The van der Waals surface area contributed by atoms with E-state index in [-0.39, 0.29) is 17.6 Å². The molecule has 0 amide bonds. The van der Waals surface area contributed by atoms with Gasteiger partial charge in [0.05, 0.1) is 6.04 Å². The van der Waals surface area contributed by atoms with Crippen LogP contribution in [-0.4, -0.2) is 17.9 Å². The Labute approximate surface area is 127 Å². The SMILES string of the molecule is O=C(Cc1ccc(F)cc1Br)C1CC2CCCCC2N1. The van der Waals surface area contributed by atoms with Crippen molar-refractivity contribution >= 4 is 21.7 Å². The lowest BCUT2D eigenvalue weighted by Gasteiger charge is -2.24. The number of hydrogen-bond donors (Lipinski definition) is 1. The fraction of sp³-hybridized carbons (Fsp3) is 0.562. The Bertz CT molecular complexity index is 505. The number of hydrogen-bond acceptors (Lipinski definition) is 2. The molecule has 0 spiro atoms. The molecule has 2 nitrogen and oxygen atoms in total. The van der Waals surface area contributed by atoms with Gasteiger partial charge in [0, 0.05) is 16.9 Å². The van der Waals surface area contributed by atoms with Gasteiger partial charge in [0.15, 0.2) is 5.78 Å². The van der Waals surface area contributed by atoms with E-state index in [1.807, 2.05) is 0 Å². The minimum atomic E-state index is -0.280. The smallest absolute Gasteiger partial charge is 0.154 e. The molecule has 3 rings (SSSR count). The monoisotopic (exact) mass is 339 g/mol. The van der Waals surface area contributed by atoms with E-state index in [1.54, 1.807) is 6.07 Å². The van der Waals surface area contributed by atoms with Crippen LogP contribution >= 0.6 is 15.9 Å². The van der Waals surface area contributed by atoms with E-state index in [0.717, 1.165) is 12.0 Å². The van der Waals surface area contributed by atoms with Gasteiger partial charge in [0.1, 0.15) is 5.82 Å². The van der Waals surface area contributed by atoms with E-state index in [9.17, 15) is 9.18 Å². The Balaban J connectivity index is 1.65. The molecule has 1 aliphatic heterocycles. The number of rotatable bonds is 3. The lowest BCUT2D eigenvalue weighted by Crippen LogP contribution is -2.37. The zero-order valence-corrected chi connectivity index (χ0v) is 13.0. The van der Waals surface area contributed by atoms with Crippen molar-refractivity contribution in [1.82, 2.24) is 5.32 Å². The van der Waals surface area contributed by atoms with Crippen molar-refractivity contribution in [3.8, 4) is 0 Å². The van der Waals surface area contributed by atoms with Gasteiger partial charge in [-0.1, -0.05) is 34.8 Å². The molecule has 0 radical (unpaired) electrons. The summed E-state index contributed by atoms with van der Waals surface area (Å²) < 4.78 is 13.7. The highest BCUT2D eigenvalue weighted by Gasteiger charge is 2.37. The molecule has 2 fully saturated rings. The Morgan fingerprint density at radius 3 is 2.90 bits per heavy atom. The van der Waals surface area contributed by atoms with Crippen LogP contribution < -0.4 is 5.32 Å². The van der Waals surface area contributed by atoms with Gasteiger partial charge in [-0.25, -0.2) is 4.39 Å². The van der Waals surface area contributed by atoms with Crippen LogP contribution in [0.25, 0.3) is 0 Å². The fourth-order valence-corrected chi connectivity index (χ4v) is 4.03. The molecule has 1 saturated carbocycles. The van der Waals surface area contributed by atoms with Crippen molar-refractivity contribution in [2.24, 2.45) is 5.92 Å². The molecule has 1 aliphatic carbocycles. The molecule has 20 heavy (non-hydrogen) atoms. The van der Waals surface area contributed by atoms with Gasteiger partial charge in [-0.05, 0) is 42.9 Å². The second-order valence-corrected chi connectivity index (χ2v) is 6.84. The van der Waals surface area contributed by atoms with Crippen molar-refractivity contribution in [2.75, 3.05) is 0 Å². The third-order valence-corrected chi connectivity index (χ3v) is 5.37. The summed E-state index contributed by atoms with van der Waals surface area (Å²) >= 11 is 3.33. The van der Waals surface area contributed by atoms with Crippen molar-refractivity contribution in [2.45, 2.75) is 50.6 Å². The fourth-order valence-electron chi connectivity index (χ4n) is 3.54. The molecule has 4 heteroatoms. The normalized spacial score (nSPS) is 29.2. The standard InChI is InChI=1S/C16H19BrFNO/c17-13-9-12(18)6-5-10(13)8-16(20)15-7-11-3-1-2-4-14(11)19-15/h5-6,9,11,14-15,19H,1-4,7-8H2. The molecule has 1 N–H and O–H groups in total. The van der Waals surface area contributed by atoms with E-state index in [4.69, 9.17) is 0 Å². The van der Waals surface area contributed by atoms with Crippen LogP contribution in [0.15, 0.2) is 22.7 Å². The highest BCUT2D eigenvalue weighted by Crippen LogP contribution is 2.33. The summed E-state index contributed by atoms with van der Waals surface area (Å²) in [5.74, 6) is 0.624. The number of nitrogens with one attached hydrogen (secondary N) is 1. The van der Waals surface area contributed by atoms with Gasteiger partial charge < -0.3 is 5.32 Å². The maximum Gasteiger partial charge on any atom is 0.154 e. The number of halogens is 2. The van der Waals surface area contributed by atoms with Crippen molar-refractivity contribution in [3.05, 3.63) is 34.1 Å². The summed E-state index contributed by atoms with van der Waals surface area (Å²) in [5, 5.41) is 3.50. The molecular formula is C16H19BrFNO. The van der Waals surface area contributed by atoms with Crippen LogP contribution in [-0.2, 0) is 11.2 Å². The zero-order valence-electron chi connectivity index (χ0n) is 11.4. The van der Waals surface area contributed by atoms with Crippen LogP contribution in [0.2, 0.25) is 0 Å². The highest BCUT2D eigenvalue weighted by molar-refractivity contribution is 9.10. The highest BCUT2D eigenvalue weighted by atomic mass is 79.9. The Morgan fingerprint density at radius 2 is 2.15 bits per heavy atom. The molecule has 1 heterocycles.